The molecule has 398 valence electrons. The molecule has 5 heterocycles. The Hall–Kier alpha value is -7.10. The van der Waals surface area contributed by atoms with Crippen LogP contribution in [0.1, 0.15) is 180 Å². The van der Waals surface area contributed by atoms with Crippen LogP contribution in [0.25, 0.3) is 88.0 Å². The van der Waals surface area contributed by atoms with E-state index in [-0.39, 0.29) is 39.2 Å². The molecule has 0 saturated carbocycles. The molecule has 15 rings (SSSR count). The molecule has 0 saturated heterocycles. The summed E-state index contributed by atoms with van der Waals surface area (Å²) in [5, 5.41) is 8.09. The number of fused-ring (bicyclic) bond motifs is 15. The summed E-state index contributed by atoms with van der Waals surface area (Å²) in [6.45, 7) is 43.4. The monoisotopic (exact) mass is 1040 g/mol. The van der Waals surface area contributed by atoms with Crippen molar-refractivity contribution in [2.75, 3.05) is 0 Å². The van der Waals surface area contributed by atoms with Gasteiger partial charge in [-0.2, -0.15) is 0 Å². The molecule has 3 aliphatic heterocycles. The highest BCUT2D eigenvalue weighted by Gasteiger charge is 2.56. The van der Waals surface area contributed by atoms with Crippen molar-refractivity contribution in [3.8, 4) is 33.6 Å². The topological polar surface area (TPSA) is 9.86 Å². The first-order valence-corrected chi connectivity index (χ1v) is 29.8. The van der Waals surface area contributed by atoms with Gasteiger partial charge in [-0.05, 0) is 168 Å². The van der Waals surface area contributed by atoms with Crippen LogP contribution in [-0.4, -0.2) is 15.8 Å². The van der Waals surface area contributed by atoms with Crippen molar-refractivity contribution in [1.82, 2.24) is 9.13 Å². The molecule has 0 radical (unpaired) electrons. The predicted molar refractivity (Wildman–Crippen MR) is 346 cm³/mol. The van der Waals surface area contributed by atoms with Gasteiger partial charge in [0.05, 0.1) is 22.1 Å². The van der Waals surface area contributed by atoms with Gasteiger partial charge in [0, 0.05) is 43.8 Å². The van der Waals surface area contributed by atoms with Gasteiger partial charge in [-0.15, -0.1) is 0 Å². The van der Waals surface area contributed by atoms with E-state index in [2.05, 4.69) is 273 Å². The summed E-state index contributed by atoms with van der Waals surface area (Å²) in [6.07, 6.45) is 0. The highest BCUT2D eigenvalue weighted by molar-refractivity contribution is 7.00. The molecule has 9 aromatic carbocycles. The van der Waals surface area contributed by atoms with Crippen molar-refractivity contribution >= 4 is 77.5 Å². The standard InChI is InChI=1S/C77H77BN2/c1-71(2,3)42-31-32-63-50(33-42)51-35-44(73(7,8)9)38-61-67(51)79(63)69-54(64-49-28-20-19-27-48(49)57(75(13,14)15)41-58(64)76(16,17)18)40-60-70-65(69)78(61)62-39-45(74(10,11)12)36-53-52-34-43(72(4,5)6)37-59(66(52)80(70)68(53)62)77(60)55-29-23-21-25-46(55)47-26-22-24-30-56(47)77/h19-41H,1-18H3. The largest absolute Gasteiger partial charge is 0.310 e. The Morgan fingerprint density at radius 3 is 1.35 bits per heavy atom. The molecule has 0 unspecified atom stereocenters. The van der Waals surface area contributed by atoms with Crippen LogP contribution in [-0.2, 0) is 37.9 Å². The molecule has 1 spiro atoms. The van der Waals surface area contributed by atoms with Crippen molar-refractivity contribution in [2.45, 2.75) is 163 Å². The van der Waals surface area contributed by atoms with E-state index in [4.69, 9.17) is 0 Å². The molecule has 80 heavy (non-hydrogen) atoms. The average Bonchev–Trinajstić information content (AvgIpc) is 3.56. The molecule has 3 heteroatoms. The van der Waals surface area contributed by atoms with Gasteiger partial charge in [-0.25, -0.2) is 0 Å². The van der Waals surface area contributed by atoms with E-state index in [9.17, 15) is 0 Å². The fourth-order valence-electron chi connectivity index (χ4n) is 15.7. The molecule has 2 aromatic heterocycles. The molecule has 4 aliphatic rings. The Balaban J connectivity index is 1.29. The average molecular weight is 1040 g/mol. The number of hydrogen-bond donors (Lipinski definition) is 0. The maximum absolute atomic E-state index is 2.84. The van der Waals surface area contributed by atoms with Gasteiger partial charge in [0.25, 0.3) is 6.71 Å². The van der Waals surface area contributed by atoms with E-state index in [1.807, 2.05) is 0 Å². The van der Waals surface area contributed by atoms with Crippen LogP contribution in [0, 0.1) is 0 Å². The van der Waals surface area contributed by atoms with E-state index in [1.165, 1.54) is 160 Å². The van der Waals surface area contributed by atoms with E-state index in [0.29, 0.717) is 0 Å². The summed E-state index contributed by atoms with van der Waals surface area (Å²) >= 11 is 0. The molecule has 2 nitrogen and oxygen atoms in total. The van der Waals surface area contributed by atoms with E-state index in [0.717, 1.165) is 0 Å². The molecular formula is C77H77BN2. The summed E-state index contributed by atoms with van der Waals surface area (Å²) in [5.41, 5.74) is 30.2. The van der Waals surface area contributed by atoms with E-state index in [1.54, 1.807) is 0 Å². The number of aromatic nitrogens is 2. The minimum atomic E-state index is -0.655. The summed E-state index contributed by atoms with van der Waals surface area (Å²) in [7, 11) is 0. The summed E-state index contributed by atoms with van der Waals surface area (Å²) in [4.78, 5) is 0. The number of nitrogens with zero attached hydrogens (tertiary/aromatic N) is 2. The number of hydrogen-bond acceptors (Lipinski definition) is 0. The van der Waals surface area contributed by atoms with Gasteiger partial charge in [0.1, 0.15) is 0 Å². The molecule has 0 atom stereocenters. The van der Waals surface area contributed by atoms with Crippen LogP contribution < -0.4 is 16.4 Å². The molecule has 0 amide bonds. The van der Waals surface area contributed by atoms with Crippen LogP contribution >= 0.6 is 0 Å². The van der Waals surface area contributed by atoms with Gasteiger partial charge < -0.3 is 9.13 Å². The summed E-state index contributed by atoms with van der Waals surface area (Å²) in [5.74, 6) is 0. The fraction of sp³-hybridized carbons (Fsp3) is 0.325. The molecule has 11 aromatic rings. The predicted octanol–water partition coefficient (Wildman–Crippen LogP) is 18.3. The lowest BCUT2D eigenvalue weighted by Gasteiger charge is -2.45. The third-order valence-corrected chi connectivity index (χ3v) is 19.7. The Bertz CT molecular complexity index is 4590. The Kier molecular flexibility index (Phi) is 9.52. The Morgan fingerprint density at radius 2 is 0.800 bits per heavy atom. The summed E-state index contributed by atoms with van der Waals surface area (Å²) < 4.78 is 5.64. The van der Waals surface area contributed by atoms with E-state index < -0.39 is 5.41 Å². The second-order valence-electron chi connectivity index (χ2n) is 31.0. The zero-order chi connectivity index (χ0) is 56.2. The second kappa shape index (κ2) is 15.3. The van der Waals surface area contributed by atoms with Gasteiger partial charge in [0.15, 0.2) is 0 Å². The molecule has 0 N–H and O–H groups in total. The first kappa shape index (κ1) is 49.9. The lowest BCUT2D eigenvalue weighted by Crippen LogP contribution is -2.61. The zero-order valence-electron chi connectivity index (χ0n) is 50.8. The molecule has 0 fully saturated rings. The van der Waals surface area contributed by atoms with Gasteiger partial charge in [-0.1, -0.05) is 228 Å². The smallest absolute Gasteiger partial charge is 0.252 e. The molecule has 0 bridgehead atoms. The highest BCUT2D eigenvalue weighted by atomic mass is 15.1. The minimum absolute atomic E-state index is 0.0352. The number of benzene rings is 9. The van der Waals surface area contributed by atoms with Crippen molar-refractivity contribution in [2.24, 2.45) is 0 Å². The van der Waals surface area contributed by atoms with Crippen molar-refractivity contribution in [3.63, 3.8) is 0 Å². The first-order valence-electron chi connectivity index (χ1n) is 29.8. The Morgan fingerprint density at radius 1 is 0.325 bits per heavy atom. The van der Waals surface area contributed by atoms with Gasteiger partial charge in [-0.3, -0.25) is 0 Å². The minimum Gasteiger partial charge on any atom is -0.310 e. The lowest BCUT2D eigenvalue weighted by atomic mass is 9.33. The first-order chi connectivity index (χ1) is 37.5. The quantitative estimate of drug-likeness (QED) is 0.145. The van der Waals surface area contributed by atoms with E-state index >= 15 is 0 Å². The lowest BCUT2D eigenvalue weighted by molar-refractivity contribution is 0.574. The van der Waals surface area contributed by atoms with Crippen LogP contribution in [0.15, 0.2) is 140 Å². The fourth-order valence-corrected chi connectivity index (χ4v) is 15.7. The highest BCUT2D eigenvalue weighted by Crippen LogP contribution is 2.63. The van der Waals surface area contributed by atoms with Gasteiger partial charge >= 0.3 is 0 Å². The normalized spacial score (nSPS) is 15.2. The van der Waals surface area contributed by atoms with Crippen molar-refractivity contribution in [3.05, 3.63) is 195 Å². The van der Waals surface area contributed by atoms with Crippen LogP contribution in [0.4, 0.5) is 0 Å². The van der Waals surface area contributed by atoms with Crippen molar-refractivity contribution < 1.29 is 0 Å². The molecular weight excluding hydrogens is 964 g/mol. The maximum atomic E-state index is 2.84. The SMILES string of the molecule is CC(C)(C)c1ccc2c(c1)c1cc(C(C)(C)C)cc3c1n2-c1c(-c2c(C(C)(C)C)cc(C(C)(C)C)c4ccccc24)cc2c4c1B3c1cc(C(C)(C)C)cc3c5cc(C(C)(C)C)cc(c5n-4c13)C21c2ccccc2-c2ccccc21. The van der Waals surface area contributed by atoms with Crippen molar-refractivity contribution in [1.29, 1.82) is 0 Å². The molecule has 1 aliphatic carbocycles. The Labute approximate surface area is 475 Å². The van der Waals surface area contributed by atoms with Crippen LogP contribution in [0.2, 0.25) is 0 Å². The third kappa shape index (κ3) is 6.28. The van der Waals surface area contributed by atoms with Crippen LogP contribution in [0.3, 0.4) is 0 Å². The second-order valence-corrected chi connectivity index (χ2v) is 31.0. The third-order valence-electron chi connectivity index (χ3n) is 19.7. The number of rotatable bonds is 1. The summed E-state index contributed by atoms with van der Waals surface area (Å²) in [6, 6.07) is 57.1. The van der Waals surface area contributed by atoms with Gasteiger partial charge in [0.2, 0.25) is 0 Å². The maximum Gasteiger partial charge on any atom is 0.252 e. The zero-order valence-corrected chi connectivity index (χ0v) is 50.8. The van der Waals surface area contributed by atoms with Crippen LogP contribution in [0.5, 0.6) is 0 Å².